The molecule has 5 aliphatic rings. The largest absolute Gasteiger partial charge is 0.497 e. The van der Waals surface area contributed by atoms with Gasteiger partial charge in [0, 0.05) is 36.9 Å². The summed E-state index contributed by atoms with van der Waals surface area (Å²) in [4.78, 5) is 17.5. The highest BCUT2D eigenvalue weighted by Crippen LogP contribution is 2.64. The van der Waals surface area contributed by atoms with E-state index in [4.69, 9.17) is 9.47 Å². The number of methoxy groups -OCH3 is 1. The molecule has 2 bridgehead atoms. The standard InChI is InChI=1S/C22H26N2O4/c1-12(25)24-17-9-14(27-2)3-4-16(17)22-6-7-23-11-13-5-8-28-21(26)19(20(22)24)15(13)10-18(22)23/h3-5,9,15,18-21,26H,6-8,10-11H2,1-2H3/t15-,18+,19-,20+,21-,22-/m1/s1. The van der Waals surface area contributed by atoms with Crippen LogP contribution in [0.15, 0.2) is 29.8 Å². The van der Waals surface area contributed by atoms with Crippen molar-refractivity contribution in [2.24, 2.45) is 11.8 Å². The van der Waals surface area contributed by atoms with Crippen molar-refractivity contribution in [1.82, 2.24) is 4.90 Å². The predicted molar refractivity (Wildman–Crippen MR) is 103 cm³/mol. The van der Waals surface area contributed by atoms with Crippen molar-refractivity contribution in [3.63, 3.8) is 0 Å². The molecule has 28 heavy (non-hydrogen) atoms. The fourth-order valence-electron chi connectivity index (χ4n) is 7.14. The lowest BCUT2D eigenvalue weighted by Crippen LogP contribution is -2.66. The Balaban J connectivity index is 1.62. The summed E-state index contributed by atoms with van der Waals surface area (Å²) >= 11 is 0. The number of ether oxygens (including phenoxy) is 2. The van der Waals surface area contributed by atoms with Crippen molar-refractivity contribution in [3.05, 3.63) is 35.4 Å². The molecule has 3 fully saturated rings. The van der Waals surface area contributed by atoms with Crippen molar-refractivity contribution in [2.45, 2.75) is 43.6 Å². The Labute approximate surface area is 164 Å². The van der Waals surface area contributed by atoms with Crippen LogP contribution >= 0.6 is 0 Å². The molecule has 1 aromatic rings. The van der Waals surface area contributed by atoms with E-state index in [9.17, 15) is 9.90 Å². The first-order valence-corrected chi connectivity index (χ1v) is 10.3. The molecule has 6 nitrogen and oxygen atoms in total. The Morgan fingerprint density at radius 2 is 2.25 bits per heavy atom. The Hall–Kier alpha value is -1.89. The monoisotopic (exact) mass is 382 g/mol. The molecule has 1 amide bonds. The van der Waals surface area contributed by atoms with Gasteiger partial charge in [0.1, 0.15) is 5.75 Å². The van der Waals surface area contributed by atoms with Gasteiger partial charge in [-0.1, -0.05) is 17.7 Å². The van der Waals surface area contributed by atoms with E-state index in [0.717, 1.165) is 37.4 Å². The quantitative estimate of drug-likeness (QED) is 0.749. The summed E-state index contributed by atoms with van der Waals surface area (Å²) in [5.74, 6) is 0.952. The number of anilines is 1. The summed E-state index contributed by atoms with van der Waals surface area (Å²) in [5, 5.41) is 11.0. The number of nitrogens with zero attached hydrogens (tertiary/aromatic N) is 2. The number of rotatable bonds is 1. The fraction of sp³-hybridized carbons (Fsp3) is 0.591. The van der Waals surface area contributed by atoms with E-state index in [1.54, 1.807) is 14.0 Å². The van der Waals surface area contributed by atoms with Crippen molar-refractivity contribution >= 4 is 11.6 Å². The number of benzene rings is 1. The summed E-state index contributed by atoms with van der Waals surface area (Å²) in [7, 11) is 1.66. The van der Waals surface area contributed by atoms with E-state index in [-0.39, 0.29) is 29.2 Å². The molecule has 1 aliphatic carbocycles. The lowest BCUT2D eigenvalue weighted by atomic mass is 9.55. The summed E-state index contributed by atoms with van der Waals surface area (Å²) < 4.78 is 11.3. The first-order valence-electron chi connectivity index (χ1n) is 10.3. The Morgan fingerprint density at radius 3 is 3.04 bits per heavy atom. The van der Waals surface area contributed by atoms with Gasteiger partial charge in [-0.3, -0.25) is 9.69 Å². The number of hydrogen-bond donors (Lipinski definition) is 1. The fourth-order valence-corrected chi connectivity index (χ4v) is 7.14. The molecular weight excluding hydrogens is 356 g/mol. The molecule has 6 rings (SSSR count). The van der Waals surface area contributed by atoms with Crippen LogP contribution in [0.2, 0.25) is 0 Å². The van der Waals surface area contributed by atoms with Gasteiger partial charge in [-0.2, -0.15) is 0 Å². The zero-order valence-corrected chi connectivity index (χ0v) is 16.3. The Bertz CT molecular complexity index is 899. The number of carbonyl (C=O) groups excluding carboxylic acids is 1. The van der Waals surface area contributed by atoms with E-state index >= 15 is 0 Å². The lowest BCUT2D eigenvalue weighted by molar-refractivity contribution is -0.156. The van der Waals surface area contributed by atoms with Gasteiger partial charge in [0.05, 0.1) is 25.4 Å². The van der Waals surface area contributed by atoms with Crippen LogP contribution in [-0.4, -0.2) is 61.1 Å². The molecule has 0 aromatic heterocycles. The van der Waals surface area contributed by atoms with Crippen LogP contribution in [0.5, 0.6) is 5.75 Å². The summed E-state index contributed by atoms with van der Waals surface area (Å²) in [6, 6.07) is 6.48. The average molecular weight is 382 g/mol. The molecule has 6 atom stereocenters. The van der Waals surface area contributed by atoms with Gasteiger partial charge in [0.15, 0.2) is 6.29 Å². The molecule has 1 aromatic carbocycles. The third kappa shape index (κ3) is 1.86. The summed E-state index contributed by atoms with van der Waals surface area (Å²) in [6.45, 7) is 4.08. The first kappa shape index (κ1) is 17.0. The highest BCUT2D eigenvalue weighted by atomic mass is 16.6. The molecular formula is C22H26N2O4. The molecule has 148 valence electrons. The SMILES string of the molecule is COc1ccc2c(c1)N(C(C)=O)[C@H]1[C@@H]3[C@H](O)OCC=C4CN5CC[C@]21[C@@H]5C[C@H]43. The molecule has 4 aliphatic heterocycles. The van der Waals surface area contributed by atoms with Crippen molar-refractivity contribution in [2.75, 3.05) is 31.7 Å². The van der Waals surface area contributed by atoms with Crippen LogP contribution in [0, 0.1) is 11.8 Å². The number of hydrogen-bond acceptors (Lipinski definition) is 5. The molecule has 6 heteroatoms. The second-order valence-electron chi connectivity index (χ2n) is 8.92. The van der Waals surface area contributed by atoms with Crippen LogP contribution in [0.25, 0.3) is 0 Å². The molecule has 1 saturated carbocycles. The second kappa shape index (κ2) is 5.59. The molecule has 2 saturated heterocycles. The number of amides is 1. The highest BCUT2D eigenvalue weighted by molar-refractivity contribution is 5.96. The van der Waals surface area contributed by atoms with E-state index in [0.29, 0.717) is 12.6 Å². The first-order chi connectivity index (χ1) is 13.6. The molecule has 1 spiro atoms. The number of aliphatic hydroxyl groups is 1. The van der Waals surface area contributed by atoms with Crippen molar-refractivity contribution < 1.29 is 19.4 Å². The van der Waals surface area contributed by atoms with Crippen LogP contribution in [0.4, 0.5) is 5.69 Å². The number of aliphatic hydroxyl groups excluding tert-OH is 1. The number of piperidine rings is 1. The van der Waals surface area contributed by atoms with Gasteiger partial charge in [0.25, 0.3) is 0 Å². The molecule has 4 heterocycles. The number of carbonyl (C=O) groups is 1. The molecule has 0 unspecified atom stereocenters. The van der Waals surface area contributed by atoms with Gasteiger partial charge in [-0.25, -0.2) is 0 Å². The third-order valence-electron chi connectivity index (χ3n) is 8.07. The van der Waals surface area contributed by atoms with Crippen molar-refractivity contribution in [1.29, 1.82) is 0 Å². The zero-order valence-electron chi connectivity index (χ0n) is 16.3. The van der Waals surface area contributed by atoms with Gasteiger partial charge in [-0.15, -0.1) is 0 Å². The normalized spacial score (nSPS) is 40.5. The number of fused-ring (bicyclic) bond motifs is 2. The zero-order chi connectivity index (χ0) is 19.2. The topological polar surface area (TPSA) is 62.2 Å². The summed E-state index contributed by atoms with van der Waals surface area (Å²) in [6.07, 6.45) is 3.35. The maximum atomic E-state index is 12.9. The van der Waals surface area contributed by atoms with E-state index < -0.39 is 6.29 Å². The maximum absolute atomic E-state index is 12.9. The minimum absolute atomic E-state index is 0.0248. The van der Waals surface area contributed by atoms with Gasteiger partial charge in [-0.05, 0) is 36.9 Å². The lowest BCUT2D eigenvalue weighted by Gasteiger charge is -2.56. The van der Waals surface area contributed by atoms with Crippen LogP contribution in [-0.2, 0) is 14.9 Å². The van der Waals surface area contributed by atoms with E-state index in [1.807, 2.05) is 17.0 Å². The van der Waals surface area contributed by atoms with Gasteiger partial charge >= 0.3 is 0 Å². The Morgan fingerprint density at radius 1 is 1.39 bits per heavy atom. The van der Waals surface area contributed by atoms with Crippen molar-refractivity contribution in [3.8, 4) is 5.75 Å². The Kier molecular flexibility index (Phi) is 3.39. The van der Waals surface area contributed by atoms with Crippen LogP contribution < -0.4 is 9.64 Å². The van der Waals surface area contributed by atoms with Crippen LogP contribution in [0.1, 0.15) is 25.3 Å². The van der Waals surface area contributed by atoms with Gasteiger partial charge < -0.3 is 19.5 Å². The smallest absolute Gasteiger partial charge is 0.224 e. The average Bonchev–Trinajstić information content (AvgIpc) is 3.15. The van der Waals surface area contributed by atoms with Crippen LogP contribution in [0.3, 0.4) is 0 Å². The minimum Gasteiger partial charge on any atom is -0.497 e. The molecule has 1 N–H and O–H groups in total. The minimum atomic E-state index is -0.855. The highest BCUT2D eigenvalue weighted by Gasteiger charge is 2.69. The maximum Gasteiger partial charge on any atom is 0.224 e. The third-order valence-corrected chi connectivity index (χ3v) is 8.07. The van der Waals surface area contributed by atoms with E-state index in [2.05, 4.69) is 17.0 Å². The van der Waals surface area contributed by atoms with Gasteiger partial charge in [0.2, 0.25) is 5.91 Å². The van der Waals surface area contributed by atoms with E-state index in [1.165, 1.54) is 11.1 Å². The predicted octanol–water partition coefficient (Wildman–Crippen LogP) is 1.67. The second-order valence-corrected chi connectivity index (χ2v) is 8.92. The summed E-state index contributed by atoms with van der Waals surface area (Å²) in [5.41, 5.74) is 3.43. The molecule has 0 radical (unpaired) electrons.